The summed E-state index contributed by atoms with van der Waals surface area (Å²) in [7, 11) is 0. The third-order valence-corrected chi connectivity index (χ3v) is 3.44. The van der Waals surface area contributed by atoms with E-state index in [2.05, 4.69) is 12.2 Å². The van der Waals surface area contributed by atoms with E-state index < -0.39 is 0 Å². The Balaban J connectivity index is 2.32. The van der Waals surface area contributed by atoms with Gasteiger partial charge >= 0.3 is 0 Å². The van der Waals surface area contributed by atoms with Gasteiger partial charge in [0.05, 0.1) is 0 Å². The number of rotatable bonds is 6. The van der Waals surface area contributed by atoms with Crippen molar-refractivity contribution in [2.75, 3.05) is 13.2 Å². The average molecular weight is 227 g/mol. The maximum atomic E-state index is 11.6. The van der Waals surface area contributed by atoms with Crippen molar-refractivity contribution in [3.63, 3.8) is 0 Å². The second-order valence-electron chi connectivity index (χ2n) is 4.62. The summed E-state index contributed by atoms with van der Waals surface area (Å²) in [5.41, 5.74) is 0. The molecule has 94 valence electrons. The van der Waals surface area contributed by atoms with Gasteiger partial charge in [0.2, 0.25) is 5.91 Å². The Morgan fingerprint density at radius 2 is 2.00 bits per heavy atom. The highest BCUT2D eigenvalue weighted by Crippen LogP contribution is 2.27. The predicted molar refractivity (Wildman–Crippen MR) is 65.3 cm³/mol. The molecule has 1 atom stereocenters. The highest BCUT2D eigenvalue weighted by Gasteiger charge is 2.23. The molecule has 0 radical (unpaired) electrons. The van der Waals surface area contributed by atoms with E-state index in [0.717, 1.165) is 6.42 Å². The van der Waals surface area contributed by atoms with Gasteiger partial charge in [-0.1, -0.05) is 26.2 Å². The molecule has 1 fully saturated rings. The van der Waals surface area contributed by atoms with Crippen LogP contribution in [0.25, 0.3) is 0 Å². The molecule has 1 aliphatic rings. The number of hydrogen-bond donors (Lipinski definition) is 1. The third-order valence-electron chi connectivity index (χ3n) is 3.44. The average Bonchev–Trinajstić information content (AvgIpc) is 2.34. The number of carbonyl (C=O) groups is 1. The molecule has 3 nitrogen and oxygen atoms in total. The van der Waals surface area contributed by atoms with E-state index in [1.54, 1.807) is 0 Å². The van der Waals surface area contributed by atoms with Crippen LogP contribution in [0.1, 0.15) is 52.4 Å². The van der Waals surface area contributed by atoms with E-state index in [0.29, 0.717) is 18.6 Å². The zero-order chi connectivity index (χ0) is 11.8. The number of carbonyl (C=O) groups excluding carboxylic acids is 1. The smallest absolute Gasteiger partial charge is 0.246 e. The van der Waals surface area contributed by atoms with Crippen LogP contribution in [-0.2, 0) is 9.53 Å². The first kappa shape index (κ1) is 13.5. The summed E-state index contributed by atoms with van der Waals surface area (Å²) in [5, 5.41) is 3.11. The number of amides is 1. The van der Waals surface area contributed by atoms with Gasteiger partial charge in [0.15, 0.2) is 0 Å². The molecule has 1 amide bonds. The first-order valence-electron chi connectivity index (χ1n) is 6.65. The summed E-state index contributed by atoms with van der Waals surface area (Å²) in [6.45, 7) is 4.87. The normalized spacial score (nSPS) is 19.4. The van der Waals surface area contributed by atoms with Crippen molar-refractivity contribution in [1.82, 2.24) is 5.32 Å². The van der Waals surface area contributed by atoms with E-state index in [4.69, 9.17) is 4.74 Å². The molecule has 0 aliphatic heterocycles. The number of ether oxygens (including phenoxy) is 1. The van der Waals surface area contributed by atoms with Gasteiger partial charge in [-0.05, 0) is 32.1 Å². The molecule has 0 bridgehead atoms. The molecule has 0 spiro atoms. The summed E-state index contributed by atoms with van der Waals surface area (Å²) in [6, 6.07) is 0.355. The van der Waals surface area contributed by atoms with Crippen molar-refractivity contribution in [2.45, 2.75) is 58.4 Å². The van der Waals surface area contributed by atoms with Crippen molar-refractivity contribution in [3.05, 3.63) is 0 Å². The van der Waals surface area contributed by atoms with Crippen molar-refractivity contribution >= 4 is 5.91 Å². The van der Waals surface area contributed by atoms with Crippen molar-refractivity contribution in [2.24, 2.45) is 5.92 Å². The molecule has 0 aromatic heterocycles. The van der Waals surface area contributed by atoms with Crippen LogP contribution in [0.15, 0.2) is 0 Å². The fraction of sp³-hybridized carbons (Fsp3) is 0.923. The summed E-state index contributed by atoms with van der Waals surface area (Å²) in [4.78, 5) is 11.6. The predicted octanol–water partition coefficient (Wildman–Crippen LogP) is 2.50. The molecular formula is C13H25NO2. The van der Waals surface area contributed by atoms with Crippen molar-refractivity contribution in [3.8, 4) is 0 Å². The lowest BCUT2D eigenvalue weighted by atomic mass is 9.83. The Hall–Kier alpha value is -0.570. The Labute approximate surface area is 98.9 Å². The quantitative estimate of drug-likeness (QED) is 0.757. The van der Waals surface area contributed by atoms with Gasteiger partial charge in [-0.15, -0.1) is 0 Å². The van der Waals surface area contributed by atoms with Crippen LogP contribution in [0, 0.1) is 5.92 Å². The fourth-order valence-electron chi connectivity index (χ4n) is 2.53. The summed E-state index contributed by atoms with van der Waals surface area (Å²) < 4.78 is 5.12. The van der Waals surface area contributed by atoms with Crippen molar-refractivity contribution in [1.29, 1.82) is 0 Å². The molecule has 3 heteroatoms. The Morgan fingerprint density at radius 3 is 2.56 bits per heavy atom. The fourth-order valence-corrected chi connectivity index (χ4v) is 2.53. The third kappa shape index (κ3) is 4.52. The molecule has 1 saturated carbocycles. The molecule has 1 aliphatic carbocycles. The van der Waals surface area contributed by atoms with Crippen molar-refractivity contribution < 1.29 is 9.53 Å². The lowest BCUT2D eigenvalue weighted by molar-refractivity contribution is -0.126. The molecule has 1 rings (SSSR count). The lowest BCUT2D eigenvalue weighted by Crippen LogP contribution is -2.42. The van der Waals surface area contributed by atoms with Gasteiger partial charge in [-0.3, -0.25) is 4.79 Å². The van der Waals surface area contributed by atoms with Gasteiger partial charge in [0, 0.05) is 12.6 Å². The highest BCUT2D eigenvalue weighted by atomic mass is 16.5. The topological polar surface area (TPSA) is 38.3 Å². The van der Waals surface area contributed by atoms with Crippen LogP contribution < -0.4 is 5.32 Å². The van der Waals surface area contributed by atoms with Gasteiger partial charge in [-0.25, -0.2) is 0 Å². The second kappa shape index (κ2) is 7.66. The van der Waals surface area contributed by atoms with Gasteiger partial charge < -0.3 is 10.1 Å². The van der Waals surface area contributed by atoms with E-state index in [-0.39, 0.29) is 12.5 Å². The second-order valence-corrected chi connectivity index (χ2v) is 4.62. The molecule has 0 saturated heterocycles. The number of nitrogens with one attached hydrogen (secondary N) is 1. The molecule has 1 unspecified atom stereocenters. The van der Waals surface area contributed by atoms with Gasteiger partial charge in [-0.2, -0.15) is 0 Å². The van der Waals surface area contributed by atoms with E-state index in [9.17, 15) is 4.79 Å². The SMILES string of the molecule is CCOCC(=O)NC(CC)C1CCCCC1. The molecule has 0 heterocycles. The zero-order valence-electron chi connectivity index (χ0n) is 10.6. The maximum absolute atomic E-state index is 11.6. The molecule has 1 N–H and O–H groups in total. The van der Waals surface area contributed by atoms with Gasteiger partial charge in [0.1, 0.15) is 6.61 Å². The standard InChI is InChI=1S/C13H25NO2/c1-3-12(11-8-6-5-7-9-11)14-13(15)10-16-4-2/h11-12H,3-10H2,1-2H3,(H,14,15). The molecule has 0 aromatic rings. The van der Waals surface area contributed by atoms with E-state index in [1.165, 1.54) is 32.1 Å². The zero-order valence-corrected chi connectivity index (χ0v) is 10.6. The van der Waals surface area contributed by atoms with Crippen LogP contribution >= 0.6 is 0 Å². The number of hydrogen-bond acceptors (Lipinski definition) is 2. The van der Waals surface area contributed by atoms with Gasteiger partial charge in [0.25, 0.3) is 0 Å². The Morgan fingerprint density at radius 1 is 1.31 bits per heavy atom. The van der Waals surface area contributed by atoms with Crippen LogP contribution in [0.5, 0.6) is 0 Å². The molecule has 0 aromatic carbocycles. The van der Waals surface area contributed by atoms with E-state index in [1.807, 2.05) is 6.92 Å². The minimum Gasteiger partial charge on any atom is -0.372 e. The maximum Gasteiger partial charge on any atom is 0.246 e. The minimum atomic E-state index is 0.0410. The Kier molecular flexibility index (Phi) is 6.46. The van der Waals surface area contributed by atoms with Crippen LogP contribution in [0.4, 0.5) is 0 Å². The van der Waals surface area contributed by atoms with Crippen LogP contribution in [0.3, 0.4) is 0 Å². The minimum absolute atomic E-state index is 0.0410. The largest absolute Gasteiger partial charge is 0.372 e. The summed E-state index contributed by atoms with van der Waals surface area (Å²) in [6.07, 6.45) is 7.58. The summed E-state index contributed by atoms with van der Waals surface area (Å²) in [5.74, 6) is 0.726. The van der Waals surface area contributed by atoms with Crippen LogP contribution in [0.2, 0.25) is 0 Å². The summed E-state index contributed by atoms with van der Waals surface area (Å²) >= 11 is 0. The Bertz CT molecular complexity index is 200. The first-order chi connectivity index (χ1) is 7.77. The monoisotopic (exact) mass is 227 g/mol. The lowest BCUT2D eigenvalue weighted by Gasteiger charge is -2.30. The first-order valence-corrected chi connectivity index (χ1v) is 6.65. The van der Waals surface area contributed by atoms with E-state index >= 15 is 0 Å². The highest BCUT2D eigenvalue weighted by molar-refractivity contribution is 5.77. The molecular weight excluding hydrogens is 202 g/mol. The molecule has 16 heavy (non-hydrogen) atoms. The van der Waals surface area contributed by atoms with Crippen LogP contribution in [-0.4, -0.2) is 25.2 Å².